The molecule has 1 aromatic heterocycles. The number of halogens is 1. The lowest BCUT2D eigenvalue weighted by atomic mass is 10.1. The second kappa shape index (κ2) is 6.50. The Balaban J connectivity index is 1.79. The average Bonchev–Trinajstić information content (AvgIpc) is 3.04. The van der Waals surface area contributed by atoms with Gasteiger partial charge in [0.25, 0.3) is 5.91 Å². The number of nitrogens with zero attached hydrogens (tertiary/aromatic N) is 2. The highest BCUT2D eigenvalue weighted by Gasteiger charge is 2.25. The number of hydrogen-bond donors (Lipinski definition) is 1. The fourth-order valence-electron chi connectivity index (χ4n) is 2.56. The maximum atomic E-state index is 12.6. The maximum Gasteiger partial charge on any atom is 0.272 e. The van der Waals surface area contributed by atoms with E-state index in [1.54, 1.807) is 12.1 Å². The lowest BCUT2D eigenvalue weighted by Gasteiger charge is -2.32. The molecule has 0 aliphatic carbocycles. The lowest BCUT2D eigenvalue weighted by molar-refractivity contribution is -0.0228. The Morgan fingerprint density at radius 3 is 3.09 bits per heavy atom. The topological polar surface area (TPSA) is 58.2 Å². The van der Waals surface area contributed by atoms with Crippen LogP contribution in [0.25, 0.3) is 11.3 Å². The minimum atomic E-state index is -0.0486. The van der Waals surface area contributed by atoms with Crippen LogP contribution in [0.15, 0.2) is 30.3 Å². The van der Waals surface area contributed by atoms with Gasteiger partial charge in [0.15, 0.2) is 0 Å². The zero-order valence-electron chi connectivity index (χ0n) is 12.4. The van der Waals surface area contributed by atoms with Crippen LogP contribution in [0.4, 0.5) is 0 Å². The van der Waals surface area contributed by atoms with Gasteiger partial charge >= 0.3 is 0 Å². The Kier molecular flexibility index (Phi) is 4.45. The van der Waals surface area contributed by atoms with Gasteiger partial charge in [-0.05, 0) is 18.6 Å². The molecule has 1 aromatic carbocycles. The lowest BCUT2D eigenvalue weighted by Crippen LogP contribution is -2.45. The van der Waals surface area contributed by atoms with E-state index in [2.05, 4.69) is 17.1 Å². The number of carbonyl (C=O) groups is 1. The van der Waals surface area contributed by atoms with Crippen LogP contribution in [0, 0.1) is 0 Å². The predicted octanol–water partition coefficient (Wildman–Crippen LogP) is 2.98. The van der Waals surface area contributed by atoms with Gasteiger partial charge in [0.2, 0.25) is 0 Å². The maximum absolute atomic E-state index is 12.6. The Morgan fingerprint density at radius 2 is 2.32 bits per heavy atom. The molecule has 6 heteroatoms. The van der Waals surface area contributed by atoms with Crippen molar-refractivity contribution in [1.82, 2.24) is 15.1 Å². The molecule has 0 bridgehead atoms. The van der Waals surface area contributed by atoms with Gasteiger partial charge in [0, 0.05) is 18.7 Å². The van der Waals surface area contributed by atoms with Crippen LogP contribution in [0.5, 0.6) is 0 Å². The number of rotatable bonds is 3. The van der Waals surface area contributed by atoms with Crippen molar-refractivity contribution in [1.29, 1.82) is 0 Å². The minimum absolute atomic E-state index is 0.0486. The van der Waals surface area contributed by atoms with Crippen molar-refractivity contribution in [2.24, 2.45) is 0 Å². The summed E-state index contributed by atoms with van der Waals surface area (Å²) in [5, 5.41) is 7.65. The summed E-state index contributed by atoms with van der Waals surface area (Å²) in [7, 11) is 0. The fourth-order valence-corrected chi connectivity index (χ4v) is 2.79. The summed E-state index contributed by atoms with van der Waals surface area (Å²) in [6.45, 7) is 3.87. The highest BCUT2D eigenvalue weighted by atomic mass is 35.5. The first-order chi connectivity index (χ1) is 10.7. The number of aromatic amines is 1. The van der Waals surface area contributed by atoms with Crippen molar-refractivity contribution < 1.29 is 9.53 Å². The van der Waals surface area contributed by atoms with E-state index in [0.29, 0.717) is 36.1 Å². The van der Waals surface area contributed by atoms with Gasteiger partial charge in [-0.3, -0.25) is 9.89 Å². The van der Waals surface area contributed by atoms with E-state index in [0.717, 1.165) is 12.0 Å². The molecule has 0 unspecified atom stereocenters. The van der Waals surface area contributed by atoms with E-state index in [-0.39, 0.29) is 12.0 Å². The molecule has 1 aliphatic heterocycles. The molecule has 1 fully saturated rings. The van der Waals surface area contributed by atoms with Crippen LogP contribution in [0.3, 0.4) is 0 Å². The largest absolute Gasteiger partial charge is 0.375 e. The van der Waals surface area contributed by atoms with Crippen molar-refractivity contribution in [2.75, 3.05) is 19.7 Å². The molecule has 1 atom stereocenters. The Bertz CT molecular complexity index is 671. The fraction of sp³-hybridized carbons (Fsp3) is 0.375. The molecule has 0 radical (unpaired) electrons. The summed E-state index contributed by atoms with van der Waals surface area (Å²) in [4.78, 5) is 14.4. The summed E-state index contributed by atoms with van der Waals surface area (Å²) >= 11 is 6.17. The number of amides is 1. The second-order valence-electron chi connectivity index (χ2n) is 5.30. The number of H-pyrrole nitrogens is 1. The molecule has 1 N–H and O–H groups in total. The number of hydrogen-bond acceptors (Lipinski definition) is 3. The third-order valence-electron chi connectivity index (χ3n) is 3.84. The number of nitrogens with one attached hydrogen (secondary N) is 1. The highest BCUT2D eigenvalue weighted by Crippen LogP contribution is 2.26. The molecule has 3 rings (SSSR count). The predicted molar refractivity (Wildman–Crippen MR) is 85.0 cm³/mol. The summed E-state index contributed by atoms with van der Waals surface area (Å²) < 4.78 is 5.60. The third kappa shape index (κ3) is 3.00. The third-order valence-corrected chi connectivity index (χ3v) is 4.17. The molecule has 2 heterocycles. The van der Waals surface area contributed by atoms with E-state index in [1.807, 2.05) is 23.1 Å². The minimum Gasteiger partial charge on any atom is -0.375 e. The van der Waals surface area contributed by atoms with Gasteiger partial charge in [-0.25, -0.2) is 0 Å². The molecule has 0 spiro atoms. The van der Waals surface area contributed by atoms with Crippen LogP contribution in [0.1, 0.15) is 23.8 Å². The molecule has 1 saturated heterocycles. The van der Waals surface area contributed by atoms with Crippen LogP contribution in [0.2, 0.25) is 5.02 Å². The first-order valence-corrected chi connectivity index (χ1v) is 7.78. The number of aromatic nitrogens is 2. The molecule has 1 aliphatic rings. The smallest absolute Gasteiger partial charge is 0.272 e. The second-order valence-corrected chi connectivity index (χ2v) is 5.71. The van der Waals surface area contributed by atoms with Gasteiger partial charge in [-0.2, -0.15) is 5.10 Å². The van der Waals surface area contributed by atoms with E-state index in [1.165, 1.54) is 0 Å². The zero-order valence-corrected chi connectivity index (χ0v) is 13.1. The van der Waals surface area contributed by atoms with Crippen molar-refractivity contribution in [2.45, 2.75) is 19.4 Å². The Labute approximate surface area is 134 Å². The van der Waals surface area contributed by atoms with Crippen molar-refractivity contribution in [3.8, 4) is 11.3 Å². The Hall–Kier alpha value is -1.85. The van der Waals surface area contributed by atoms with Crippen LogP contribution < -0.4 is 0 Å². The van der Waals surface area contributed by atoms with Crippen LogP contribution in [-0.4, -0.2) is 46.8 Å². The number of benzene rings is 1. The zero-order chi connectivity index (χ0) is 15.5. The van der Waals surface area contributed by atoms with E-state index in [4.69, 9.17) is 16.3 Å². The monoisotopic (exact) mass is 319 g/mol. The number of ether oxygens (including phenoxy) is 1. The number of carbonyl (C=O) groups excluding carboxylic acids is 1. The van der Waals surface area contributed by atoms with Gasteiger partial charge in [-0.15, -0.1) is 0 Å². The average molecular weight is 320 g/mol. The molecule has 0 saturated carbocycles. The van der Waals surface area contributed by atoms with Crippen molar-refractivity contribution >= 4 is 17.5 Å². The number of morpholine rings is 1. The summed E-state index contributed by atoms with van der Waals surface area (Å²) in [5.41, 5.74) is 1.97. The Morgan fingerprint density at radius 1 is 1.50 bits per heavy atom. The summed E-state index contributed by atoms with van der Waals surface area (Å²) in [6, 6.07) is 9.20. The van der Waals surface area contributed by atoms with Gasteiger partial charge < -0.3 is 9.64 Å². The molecular weight excluding hydrogens is 302 g/mol. The van der Waals surface area contributed by atoms with E-state index < -0.39 is 0 Å². The molecule has 1 amide bonds. The van der Waals surface area contributed by atoms with Crippen molar-refractivity contribution in [3.63, 3.8) is 0 Å². The molecule has 5 nitrogen and oxygen atoms in total. The molecule has 2 aromatic rings. The van der Waals surface area contributed by atoms with Crippen LogP contribution >= 0.6 is 11.6 Å². The van der Waals surface area contributed by atoms with Gasteiger partial charge in [0.1, 0.15) is 5.69 Å². The molecule has 116 valence electrons. The standard InChI is InChI=1S/C16H18ClN3O2/c1-2-11-10-20(7-8-22-11)16(21)15-9-14(18-19-15)12-5-3-4-6-13(12)17/h3-6,9,11H,2,7-8,10H2,1H3,(H,18,19)/t11-/m0/s1. The molecule has 22 heavy (non-hydrogen) atoms. The van der Waals surface area contributed by atoms with Gasteiger partial charge in [-0.1, -0.05) is 36.7 Å². The SMILES string of the molecule is CC[C@H]1CN(C(=O)c2cc(-c3ccccc3Cl)n[nH]2)CCO1. The van der Waals surface area contributed by atoms with Gasteiger partial charge in [0.05, 0.1) is 23.4 Å². The summed E-state index contributed by atoms with van der Waals surface area (Å²) in [6.07, 6.45) is 1.01. The first kappa shape index (κ1) is 15.1. The van der Waals surface area contributed by atoms with E-state index in [9.17, 15) is 4.79 Å². The van der Waals surface area contributed by atoms with Crippen molar-refractivity contribution in [3.05, 3.63) is 41.0 Å². The van der Waals surface area contributed by atoms with E-state index >= 15 is 0 Å². The first-order valence-electron chi connectivity index (χ1n) is 7.40. The van der Waals surface area contributed by atoms with Crippen LogP contribution in [-0.2, 0) is 4.74 Å². The quantitative estimate of drug-likeness (QED) is 0.946. The summed E-state index contributed by atoms with van der Waals surface area (Å²) in [5.74, 6) is -0.0486. The highest BCUT2D eigenvalue weighted by molar-refractivity contribution is 6.33. The molecular formula is C16H18ClN3O2. The normalized spacial score (nSPS) is 18.5.